The molecule has 1 fully saturated rings. The molecule has 2 N–H and O–H groups in total. The van der Waals surface area contributed by atoms with E-state index in [0.29, 0.717) is 17.8 Å². The van der Waals surface area contributed by atoms with Crippen molar-refractivity contribution in [3.05, 3.63) is 59.2 Å². The highest BCUT2D eigenvalue weighted by atomic mass is 16.2. The van der Waals surface area contributed by atoms with Gasteiger partial charge in [0.2, 0.25) is 5.91 Å². The van der Waals surface area contributed by atoms with Gasteiger partial charge in [-0.15, -0.1) is 0 Å². The lowest BCUT2D eigenvalue weighted by Gasteiger charge is -2.36. The maximum absolute atomic E-state index is 12.4. The molecule has 0 atom stereocenters. The van der Waals surface area contributed by atoms with Crippen molar-refractivity contribution in [3.8, 4) is 0 Å². The third kappa shape index (κ3) is 4.70. The van der Waals surface area contributed by atoms with Crippen molar-refractivity contribution in [1.29, 1.82) is 0 Å². The Hall–Kier alpha value is -2.86. The number of piperazine rings is 1. The number of benzene rings is 2. The molecule has 3 rings (SSSR count). The third-order valence-electron chi connectivity index (χ3n) is 5.31. The fourth-order valence-corrected chi connectivity index (χ4v) is 3.48. The first-order valence-electron chi connectivity index (χ1n) is 9.63. The molecule has 0 aromatic heterocycles. The first kappa shape index (κ1) is 19.9. The fraction of sp³-hybridized carbons (Fsp3) is 0.364. The fourth-order valence-electron chi connectivity index (χ4n) is 3.48. The van der Waals surface area contributed by atoms with Crippen molar-refractivity contribution in [1.82, 2.24) is 10.2 Å². The van der Waals surface area contributed by atoms with Crippen LogP contribution in [0, 0.1) is 13.8 Å². The monoisotopic (exact) mass is 380 g/mol. The van der Waals surface area contributed by atoms with E-state index in [-0.39, 0.29) is 11.8 Å². The van der Waals surface area contributed by atoms with E-state index in [1.54, 1.807) is 31.3 Å². The lowest BCUT2D eigenvalue weighted by molar-refractivity contribution is -0.117. The number of carbonyl (C=O) groups is 2. The van der Waals surface area contributed by atoms with E-state index < -0.39 is 0 Å². The Balaban J connectivity index is 1.50. The molecule has 0 spiro atoms. The molecule has 2 amide bonds. The summed E-state index contributed by atoms with van der Waals surface area (Å²) in [5, 5.41) is 5.49. The lowest BCUT2D eigenvalue weighted by Crippen LogP contribution is -2.48. The van der Waals surface area contributed by atoms with Crippen LogP contribution in [0.2, 0.25) is 0 Å². The minimum Gasteiger partial charge on any atom is -0.369 e. The summed E-state index contributed by atoms with van der Waals surface area (Å²) in [7, 11) is 1.60. The summed E-state index contributed by atoms with van der Waals surface area (Å²) in [6, 6.07) is 13.3. The van der Waals surface area contributed by atoms with E-state index in [2.05, 4.69) is 52.5 Å². The van der Waals surface area contributed by atoms with Crippen LogP contribution in [0.1, 0.15) is 21.5 Å². The molecule has 2 aromatic carbocycles. The van der Waals surface area contributed by atoms with E-state index in [0.717, 1.165) is 26.2 Å². The van der Waals surface area contributed by atoms with Gasteiger partial charge in [0.05, 0.1) is 6.54 Å². The summed E-state index contributed by atoms with van der Waals surface area (Å²) in [5.74, 6) is -0.174. The molecule has 0 aliphatic carbocycles. The normalized spacial score (nSPS) is 14.6. The van der Waals surface area contributed by atoms with Gasteiger partial charge >= 0.3 is 0 Å². The van der Waals surface area contributed by atoms with Crippen molar-refractivity contribution < 1.29 is 9.59 Å². The standard InChI is InChI=1S/C22H28N4O2/c1-16-5-4-6-20(17(16)2)26-13-11-25(12-14-26)15-21(27)24-19-9-7-18(8-10-19)22(28)23-3/h4-10H,11-15H2,1-3H3,(H,23,28)(H,24,27). The van der Waals surface area contributed by atoms with E-state index in [1.807, 2.05) is 0 Å². The Morgan fingerprint density at radius 3 is 2.29 bits per heavy atom. The SMILES string of the molecule is CNC(=O)c1ccc(NC(=O)CN2CCN(c3cccc(C)c3C)CC2)cc1. The number of anilines is 2. The van der Waals surface area contributed by atoms with Gasteiger partial charge in [-0.25, -0.2) is 0 Å². The van der Waals surface area contributed by atoms with Crippen LogP contribution in [0.4, 0.5) is 11.4 Å². The van der Waals surface area contributed by atoms with E-state index in [4.69, 9.17) is 0 Å². The number of amides is 2. The summed E-state index contributed by atoms with van der Waals surface area (Å²) >= 11 is 0. The molecule has 1 aliphatic rings. The highest BCUT2D eigenvalue weighted by molar-refractivity contribution is 5.96. The first-order valence-corrected chi connectivity index (χ1v) is 9.63. The third-order valence-corrected chi connectivity index (χ3v) is 5.31. The molecule has 0 bridgehead atoms. The zero-order valence-electron chi connectivity index (χ0n) is 16.8. The highest BCUT2D eigenvalue weighted by Gasteiger charge is 2.20. The Bertz CT molecular complexity index is 840. The minimum absolute atomic E-state index is 0.0344. The van der Waals surface area contributed by atoms with Crippen molar-refractivity contribution in [3.63, 3.8) is 0 Å². The molecule has 6 nitrogen and oxygen atoms in total. The van der Waals surface area contributed by atoms with Crippen LogP contribution in [0.3, 0.4) is 0 Å². The number of rotatable bonds is 5. The van der Waals surface area contributed by atoms with Gasteiger partial charge in [0.1, 0.15) is 0 Å². The molecule has 1 aliphatic heterocycles. The van der Waals surface area contributed by atoms with E-state index >= 15 is 0 Å². The number of carbonyl (C=O) groups excluding carboxylic acids is 2. The zero-order chi connectivity index (χ0) is 20.1. The number of nitrogens with zero attached hydrogens (tertiary/aromatic N) is 2. The van der Waals surface area contributed by atoms with Gasteiger partial charge in [-0.05, 0) is 55.3 Å². The second kappa shape index (κ2) is 8.89. The number of aryl methyl sites for hydroxylation is 1. The van der Waals surface area contributed by atoms with Gasteiger partial charge in [0.15, 0.2) is 0 Å². The molecule has 6 heteroatoms. The van der Waals surface area contributed by atoms with Crippen molar-refractivity contribution in [2.45, 2.75) is 13.8 Å². The zero-order valence-corrected chi connectivity index (χ0v) is 16.8. The summed E-state index contributed by atoms with van der Waals surface area (Å²) in [4.78, 5) is 28.5. The summed E-state index contributed by atoms with van der Waals surface area (Å²) in [6.45, 7) is 8.22. The quantitative estimate of drug-likeness (QED) is 0.836. The summed E-state index contributed by atoms with van der Waals surface area (Å²) in [6.07, 6.45) is 0. The molecular formula is C22H28N4O2. The maximum Gasteiger partial charge on any atom is 0.251 e. The van der Waals surface area contributed by atoms with Gasteiger partial charge in [-0.2, -0.15) is 0 Å². The van der Waals surface area contributed by atoms with Crippen LogP contribution in [-0.2, 0) is 4.79 Å². The molecule has 148 valence electrons. The molecule has 2 aromatic rings. The van der Waals surface area contributed by atoms with Crippen molar-refractivity contribution in [2.24, 2.45) is 0 Å². The molecule has 1 saturated heterocycles. The van der Waals surface area contributed by atoms with Crippen LogP contribution >= 0.6 is 0 Å². The van der Waals surface area contributed by atoms with Crippen LogP contribution in [0.25, 0.3) is 0 Å². The Morgan fingerprint density at radius 2 is 1.64 bits per heavy atom. The Labute approximate surface area is 166 Å². The van der Waals surface area contributed by atoms with E-state index in [1.165, 1.54) is 16.8 Å². The minimum atomic E-state index is -0.139. The molecular weight excluding hydrogens is 352 g/mol. The molecule has 0 unspecified atom stereocenters. The lowest BCUT2D eigenvalue weighted by atomic mass is 10.1. The highest BCUT2D eigenvalue weighted by Crippen LogP contribution is 2.23. The molecule has 28 heavy (non-hydrogen) atoms. The Morgan fingerprint density at radius 1 is 0.964 bits per heavy atom. The number of nitrogens with one attached hydrogen (secondary N) is 2. The Kier molecular flexibility index (Phi) is 6.31. The van der Waals surface area contributed by atoms with Crippen molar-refractivity contribution in [2.75, 3.05) is 50.0 Å². The molecule has 1 heterocycles. The average molecular weight is 380 g/mol. The predicted molar refractivity (Wildman–Crippen MR) is 113 cm³/mol. The van der Waals surface area contributed by atoms with Gasteiger partial charge in [-0.3, -0.25) is 14.5 Å². The second-order valence-electron chi connectivity index (χ2n) is 7.19. The maximum atomic E-state index is 12.4. The average Bonchev–Trinajstić information content (AvgIpc) is 2.71. The number of hydrogen-bond donors (Lipinski definition) is 2. The van der Waals surface area contributed by atoms with Crippen LogP contribution in [0.5, 0.6) is 0 Å². The van der Waals surface area contributed by atoms with E-state index in [9.17, 15) is 9.59 Å². The number of hydrogen-bond acceptors (Lipinski definition) is 4. The largest absolute Gasteiger partial charge is 0.369 e. The van der Waals surface area contributed by atoms with Crippen molar-refractivity contribution >= 4 is 23.2 Å². The topological polar surface area (TPSA) is 64.7 Å². The van der Waals surface area contributed by atoms with Crippen LogP contribution < -0.4 is 15.5 Å². The smallest absolute Gasteiger partial charge is 0.251 e. The summed E-state index contributed by atoms with van der Waals surface area (Å²) < 4.78 is 0. The first-order chi connectivity index (χ1) is 13.5. The van der Waals surface area contributed by atoms with Crippen LogP contribution in [0.15, 0.2) is 42.5 Å². The van der Waals surface area contributed by atoms with Gasteiger partial charge in [0, 0.05) is 50.2 Å². The second-order valence-corrected chi connectivity index (χ2v) is 7.19. The molecule has 0 radical (unpaired) electrons. The predicted octanol–water partition coefficient (Wildman–Crippen LogP) is 2.42. The summed E-state index contributed by atoms with van der Waals surface area (Å²) in [5.41, 5.74) is 5.20. The van der Waals surface area contributed by atoms with Crippen LogP contribution in [-0.4, -0.2) is 56.5 Å². The van der Waals surface area contributed by atoms with Gasteiger partial charge < -0.3 is 15.5 Å². The van der Waals surface area contributed by atoms with Gasteiger partial charge in [-0.1, -0.05) is 12.1 Å². The van der Waals surface area contributed by atoms with Gasteiger partial charge in [0.25, 0.3) is 5.91 Å². The molecule has 0 saturated carbocycles.